The molecular weight excluding hydrogens is 344 g/mol. The van der Waals surface area contributed by atoms with Gasteiger partial charge in [-0.3, -0.25) is 4.79 Å². The smallest absolute Gasteiger partial charge is 0.228 e. The van der Waals surface area contributed by atoms with Crippen molar-refractivity contribution < 1.29 is 9.53 Å². The molecule has 27 heavy (non-hydrogen) atoms. The van der Waals surface area contributed by atoms with Crippen molar-refractivity contribution in [1.29, 1.82) is 0 Å². The summed E-state index contributed by atoms with van der Waals surface area (Å²) in [7, 11) is 1.63. The fourth-order valence-electron chi connectivity index (χ4n) is 4.32. The molecule has 2 aromatic rings. The molecule has 0 radical (unpaired) electrons. The van der Waals surface area contributed by atoms with Crippen LogP contribution >= 0.6 is 0 Å². The number of anilines is 1. The summed E-state index contributed by atoms with van der Waals surface area (Å²) in [5.74, 6) is 2.19. The lowest BCUT2D eigenvalue weighted by Crippen LogP contribution is -2.31. The van der Waals surface area contributed by atoms with Crippen molar-refractivity contribution in [2.24, 2.45) is 11.3 Å². The fraction of sp³-hybridized carbons (Fsp3) is 0.579. The number of methoxy groups -OCH3 is 1. The van der Waals surface area contributed by atoms with Gasteiger partial charge in [-0.05, 0) is 79.2 Å². The highest BCUT2D eigenvalue weighted by Gasteiger charge is 2.57. The summed E-state index contributed by atoms with van der Waals surface area (Å²) in [6.07, 6.45) is 5.40. The normalized spacial score (nSPS) is 23.2. The second-order valence-corrected chi connectivity index (χ2v) is 7.97. The maximum atomic E-state index is 12.8. The molecule has 1 saturated heterocycles. The molecule has 5 rings (SSSR count). The number of nitrogens with zero attached hydrogens (tertiary/aromatic N) is 4. The monoisotopic (exact) mass is 368 g/mol. The lowest BCUT2D eigenvalue weighted by molar-refractivity contribution is -0.118. The number of hydrogen-bond donors (Lipinski definition) is 2. The molecule has 2 saturated carbocycles. The molecule has 3 aliphatic rings. The third kappa shape index (κ3) is 2.97. The van der Waals surface area contributed by atoms with Crippen molar-refractivity contribution >= 4 is 11.6 Å². The van der Waals surface area contributed by atoms with E-state index in [1.54, 1.807) is 11.8 Å². The van der Waals surface area contributed by atoms with E-state index in [1.165, 1.54) is 0 Å². The summed E-state index contributed by atoms with van der Waals surface area (Å²) in [5.41, 5.74) is 1.73. The Morgan fingerprint density at radius 2 is 2.15 bits per heavy atom. The van der Waals surface area contributed by atoms with Crippen LogP contribution in [0.1, 0.15) is 43.8 Å². The molecule has 3 fully saturated rings. The first kappa shape index (κ1) is 16.7. The van der Waals surface area contributed by atoms with E-state index < -0.39 is 0 Å². The molecule has 2 N–H and O–H groups in total. The van der Waals surface area contributed by atoms with Crippen LogP contribution in [0.3, 0.4) is 0 Å². The molecule has 2 aliphatic carbocycles. The number of nitrogens with one attached hydrogen (secondary N) is 2. The van der Waals surface area contributed by atoms with E-state index in [-0.39, 0.29) is 17.2 Å². The zero-order chi connectivity index (χ0) is 18.4. The van der Waals surface area contributed by atoms with Crippen LogP contribution in [0.2, 0.25) is 0 Å². The standard InChI is InChI=1S/C19H24N6O2/c1-27-16-5-4-13(10-15(16)25-17(12-2-3-12)22-23-24-25)21-18(26)14-11-19(14)6-8-20-9-7-19/h4-5,10,12,14,20H,2-3,6-9,11H2,1H3,(H,21,26). The third-order valence-electron chi connectivity index (χ3n) is 6.22. The van der Waals surface area contributed by atoms with Crippen LogP contribution in [-0.4, -0.2) is 46.3 Å². The van der Waals surface area contributed by atoms with Crippen LogP contribution in [0.25, 0.3) is 5.69 Å². The summed E-state index contributed by atoms with van der Waals surface area (Å²) in [5, 5.41) is 18.6. The van der Waals surface area contributed by atoms with Crippen molar-refractivity contribution in [2.45, 2.75) is 38.0 Å². The number of piperidine rings is 1. The molecule has 1 aliphatic heterocycles. The number of hydrogen-bond acceptors (Lipinski definition) is 6. The molecular formula is C19H24N6O2. The predicted octanol–water partition coefficient (Wildman–Crippen LogP) is 1.88. The first-order chi connectivity index (χ1) is 13.2. The van der Waals surface area contributed by atoms with Gasteiger partial charge in [-0.1, -0.05) is 0 Å². The zero-order valence-corrected chi connectivity index (χ0v) is 15.4. The van der Waals surface area contributed by atoms with Crippen LogP contribution in [0, 0.1) is 11.3 Å². The topological polar surface area (TPSA) is 94.0 Å². The Balaban J connectivity index is 1.38. The number of rotatable bonds is 5. The van der Waals surface area contributed by atoms with Gasteiger partial charge in [-0.2, -0.15) is 4.68 Å². The van der Waals surface area contributed by atoms with E-state index in [1.807, 2.05) is 18.2 Å². The van der Waals surface area contributed by atoms with Gasteiger partial charge in [0.1, 0.15) is 11.4 Å². The summed E-state index contributed by atoms with van der Waals surface area (Å²) in [6, 6.07) is 5.63. The molecule has 142 valence electrons. The minimum atomic E-state index is 0.118. The van der Waals surface area contributed by atoms with E-state index >= 15 is 0 Å². The van der Waals surface area contributed by atoms with Gasteiger partial charge in [-0.25, -0.2) is 0 Å². The van der Waals surface area contributed by atoms with Gasteiger partial charge in [0.05, 0.1) is 7.11 Å². The number of ether oxygens (including phenoxy) is 1. The van der Waals surface area contributed by atoms with Crippen LogP contribution < -0.4 is 15.4 Å². The SMILES string of the molecule is COc1ccc(NC(=O)C2CC23CCNCC3)cc1-n1nnnc1C1CC1. The van der Waals surface area contributed by atoms with Crippen molar-refractivity contribution in [3.63, 3.8) is 0 Å². The first-order valence-electron chi connectivity index (χ1n) is 9.68. The second kappa shape index (κ2) is 6.30. The van der Waals surface area contributed by atoms with Gasteiger partial charge >= 0.3 is 0 Å². The van der Waals surface area contributed by atoms with Crippen LogP contribution in [-0.2, 0) is 4.79 Å². The Bertz CT molecular complexity index is 869. The van der Waals surface area contributed by atoms with Crippen molar-refractivity contribution in [1.82, 2.24) is 25.5 Å². The Labute approximate surface area is 157 Å². The average Bonchev–Trinajstić information content (AvgIpc) is 3.60. The molecule has 1 aromatic heterocycles. The largest absolute Gasteiger partial charge is 0.494 e. The third-order valence-corrected chi connectivity index (χ3v) is 6.22. The lowest BCUT2D eigenvalue weighted by atomic mass is 9.92. The highest BCUT2D eigenvalue weighted by atomic mass is 16.5. The van der Waals surface area contributed by atoms with Gasteiger partial charge in [0.25, 0.3) is 0 Å². The van der Waals surface area contributed by atoms with E-state index in [4.69, 9.17) is 4.74 Å². The lowest BCUT2D eigenvalue weighted by Gasteiger charge is -2.23. The molecule has 1 atom stereocenters. The van der Waals surface area contributed by atoms with E-state index in [9.17, 15) is 4.79 Å². The molecule has 8 nitrogen and oxygen atoms in total. The molecule has 1 amide bonds. The number of carbonyl (C=O) groups is 1. The summed E-state index contributed by atoms with van der Waals surface area (Å²) < 4.78 is 7.23. The average molecular weight is 368 g/mol. The summed E-state index contributed by atoms with van der Waals surface area (Å²) >= 11 is 0. The predicted molar refractivity (Wildman–Crippen MR) is 99.0 cm³/mol. The quantitative estimate of drug-likeness (QED) is 0.837. The van der Waals surface area contributed by atoms with Crippen LogP contribution in [0.5, 0.6) is 5.75 Å². The zero-order valence-electron chi connectivity index (χ0n) is 15.4. The molecule has 1 spiro atoms. The molecule has 8 heteroatoms. The molecule has 1 unspecified atom stereocenters. The Hall–Kier alpha value is -2.48. The first-order valence-corrected chi connectivity index (χ1v) is 9.68. The van der Waals surface area contributed by atoms with Crippen molar-refractivity contribution in [3.05, 3.63) is 24.0 Å². The Kier molecular flexibility index (Phi) is 3.89. The van der Waals surface area contributed by atoms with E-state index in [0.29, 0.717) is 11.7 Å². The number of tetrazole rings is 1. The highest BCUT2D eigenvalue weighted by molar-refractivity contribution is 5.95. The Morgan fingerprint density at radius 3 is 2.89 bits per heavy atom. The van der Waals surface area contributed by atoms with Gasteiger partial charge in [-0.15, -0.1) is 5.10 Å². The Morgan fingerprint density at radius 1 is 1.33 bits per heavy atom. The molecule has 2 heterocycles. The number of amides is 1. The van der Waals surface area contributed by atoms with Crippen LogP contribution in [0.15, 0.2) is 18.2 Å². The minimum absolute atomic E-state index is 0.118. The van der Waals surface area contributed by atoms with E-state index in [0.717, 1.165) is 62.4 Å². The van der Waals surface area contributed by atoms with Gasteiger partial charge in [0.2, 0.25) is 5.91 Å². The summed E-state index contributed by atoms with van der Waals surface area (Å²) in [4.78, 5) is 12.8. The highest BCUT2D eigenvalue weighted by Crippen LogP contribution is 2.58. The van der Waals surface area contributed by atoms with Crippen molar-refractivity contribution in [3.8, 4) is 11.4 Å². The number of benzene rings is 1. The van der Waals surface area contributed by atoms with Gasteiger partial charge < -0.3 is 15.4 Å². The maximum absolute atomic E-state index is 12.8. The number of carbonyl (C=O) groups excluding carboxylic acids is 1. The summed E-state index contributed by atoms with van der Waals surface area (Å²) in [6.45, 7) is 2.03. The second-order valence-electron chi connectivity index (χ2n) is 7.97. The van der Waals surface area contributed by atoms with Gasteiger partial charge in [0.15, 0.2) is 5.82 Å². The minimum Gasteiger partial charge on any atom is -0.494 e. The van der Waals surface area contributed by atoms with Crippen molar-refractivity contribution in [2.75, 3.05) is 25.5 Å². The number of aromatic nitrogens is 4. The van der Waals surface area contributed by atoms with Gasteiger partial charge in [0, 0.05) is 17.5 Å². The van der Waals surface area contributed by atoms with E-state index in [2.05, 4.69) is 26.2 Å². The molecule has 0 bridgehead atoms. The van der Waals surface area contributed by atoms with Crippen LogP contribution in [0.4, 0.5) is 5.69 Å². The maximum Gasteiger partial charge on any atom is 0.228 e. The fourth-order valence-corrected chi connectivity index (χ4v) is 4.32. The molecule has 1 aromatic carbocycles.